The van der Waals surface area contributed by atoms with Gasteiger partial charge in [0.15, 0.2) is 0 Å². The number of hydrogen-bond acceptors (Lipinski definition) is 5. The van der Waals surface area contributed by atoms with Gasteiger partial charge in [-0.05, 0) is 48.5 Å². The Morgan fingerprint density at radius 2 is 1.43 bits per heavy atom. The van der Waals surface area contributed by atoms with Crippen molar-refractivity contribution >= 4 is 17.6 Å². The van der Waals surface area contributed by atoms with E-state index in [9.17, 15) is 4.79 Å². The second-order valence-corrected chi connectivity index (χ2v) is 5.64. The highest BCUT2D eigenvalue weighted by Gasteiger charge is 2.05. The van der Waals surface area contributed by atoms with Gasteiger partial charge in [0.05, 0.1) is 24.6 Å². The third-order valence-electron chi connectivity index (χ3n) is 3.65. The minimum Gasteiger partial charge on any atom is -0.465 e. The Morgan fingerprint density at radius 3 is 2.04 bits per heavy atom. The summed E-state index contributed by atoms with van der Waals surface area (Å²) in [5, 5.41) is 0. The van der Waals surface area contributed by atoms with E-state index in [4.69, 9.17) is 14.2 Å². The first-order valence-electron chi connectivity index (χ1n) is 8.63. The van der Waals surface area contributed by atoms with Gasteiger partial charge >= 0.3 is 5.97 Å². The zero-order valence-corrected chi connectivity index (χ0v) is 15.3. The van der Waals surface area contributed by atoms with Crippen LogP contribution < -0.4 is 9.47 Å². The highest BCUT2D eigenvalue weighted by molar-refractivity contribution is 5.92. The number of hydrogen-bond donors (Lipinski definition) is 0. The molecule has 28 heavy (non-hydrogen) atoms. The summed E-state index contributed by atoms with van der Waals surface area (Å²) in [6.07, 6.45) is 3.15. The Balaban J connectivity index is 1.80. The van der Waals surface area contributed by atoms with E-state index in [0.717, 1.165) is 0 Å². The number of para-hydroxylation sites is 2. The number of esters is 1. The van der Waals surface area contributed by atoms with Crippen LogP contribution in [0.5, 0.6) is 11.5 Å². The molecule has 0 aliphatic rings. The van der Waals surface area contributed by atoms with Gasteiger partial charge < -0.3 is 14.2 Å². The molecule has 140 valence electrons. The first-order chi connectivity index (χ1) is 13.7. The predicted octanol–water partition coefficient (Wildman–Crippen LogP) is 5.17. The van der Waals surface area contributed by atoms with Crippen LogP contribution in [0.15, 0.2) is 102 Å². The molecule has 5 heteroatoms. The Bertz CT molecular complexity index is 949. The maximum Gasteiger partial charge on any atom is 0.337 e. The lowest BCUT2D eigenvalue weighted by Gasteiger charge is -2.06. The monoisotopic (exact) mass is 373 g/mol. The van der Waals surface area contributed by atoms with Gasteiger partial charge in [-0.15, -0.1) is 0 Å². The van der Waals surface area contributed by atoms with E-state index in [2.05, 4.69) is 4.99 Å². The Hall–Kier alpha value is -3.86. The summed E-state index contributed by atoms with van der Waals surface area (Å²) in [6.45, 7) is 0. The van der Waals surface area contributed by atoms with Crippen LogP contribution in [0.2, 0.25) is 0 Å². The average Bonchev–Trinajstić information content (AvgIpc) is 2.75. The molecule has 0 aromatic heterocycles. The third kappa shape index (κ3) is 5.57. The lowest BCUT2D eigenvalue weighted by atomic mass is 10.2. The zero-order chi connectivity index (χ0) is 19.6. The van der Waals surface area contributed by atoms with E-state index < -0.39 is 5.97 Å². The lowest BCUT2D eigenvalue weighted by molar-refractivity contribution is 0.0601. The molecule has 0 aliphatic carbocycles. The van der Waals surface area contributed by atoms with Crippen LogP contribution in [-0.4, -0.2) is 19.0 Å². The number of nitrogens with zero attached hydrogens (tertiary/aromatic N) is 1. The SMILES string of the molecule is COC(=O)c1ccc(N=C(C=COc2ccccc2)Oc2ccccc2)cc1. The Kier molecular flexibility index (Phi) is 6.57. The normalized spacial score (nSPS) is 11.2. The fourth-order valence-corrected chi connectivity index (χ4v) is 2.29. The van der Waals surface area contributed by atoms with Crippen LogP contribution in [0, 0.1) is 0 Å². The van der Waals surface area contributed by atoms with Crippen LogP contribution in [0.25, 0.3) is 0 Å². The molecule has 0 unspecified atom stereocenters. The van der Waals surface area contributed by atoms with Gasteiger partial charge in [0.25, 0.3) is 0 Å². The van der Waals surface area contributed by atoms with Gasteiger partial charge in [0.2, 0.25) is 5.90 Å². The molecule has 0 heterocycles. The maximum atomic E-state index is 11.6. The largest absolute Gasteiger partial charge is 0.465 e. The summed E-state index contributed by atoms with van der Waals surface area (Å²) in [7, 11) is 1.34. The van der Waals surface area contributed by atoms with Crippen molar-refractivity contribution in [2.24, 2.45) is 4.99 Å². The van der Waals surface area contributed by atoms with E-state index in [1.807, 2.05) is 60.7 Å². The predicted molar refractivity (Wildman–Crippen MR) is 108 cm³/mol. The van der Waals surface area contributed by atoms with Crippen molar-refractivity contribution in [2.75, 3.05) is 7.11 Å². The Morgan fingerprint density at radius 1 is 0.821 bits per heavy atom. The molecular weight excluding hydrogens is 354 g/mol. The summed E-state index contributed by atoms with van der Waals surface area (Å²) in [4.78, 5) is 16.0. The average molecular weight is 373 g/mol. The summed E-state index contributed by atoms with van der Waals surface area (Å²) in [5.41, 5.74) is 1.08. The van der Waals surface area contributed by atoms with Crippen molar-refractivity contribution in [1.29, 1.82) is 0 Å². The standard InChI is InChI=1S/C23H19NO4/c1-26-23(25)18-12-14-19(15-13-18)24-22(28-21-10-6-3-7-11-21)16-17-27-20-8-4-2-5-9-20/h2-17H,1H3. The van der Waals surface area contributed by atoms with Crippen LogP contribution in [-0.2, 0) is 4.74 Å². The number of carbonyl (C=O) groups excluding carboxylic acids is 1. The number of ether oxygens (including phenoxy) is 3. The quantitative estimate of drug-likeness (QED) is 0.259. The molecule has 0 fully saturated rings. The molecule has 3 aromatic carbocycles. The molecular formula is C23H19NO4. The van der Waals surface area contributed by atoms with E-state index in [0.29, 0.717) is 28.6 Å². The van der Waals surface area contributed by atoms with Crippen molar-refractivity contribution < 1.29 is 19.0 Å². The molecule has 3 rings (SSSR count). The summed E-state index contributed by atoms with van der Waals surface area (Å²) in [5.74, 6) is 1.30. The number of methoxy groups -OCH3 is 1. The Labute approximate surface area is 163 Å². The molecule has 0 atom stereocenters. The van der Waals surface area contributed by atoms with Crippen LogP contribution in [0.3, 0.4) is 0 Å². The second-order valence-electron chi connectivity index (χ2n) is 5.64. The fraction of sp³-hybridized carbons (Fsp3) is 0.0435. The zero-order valence-electron chi connectivity index (χ0n) is 15.3. The first kappa shape index (κ1) is 18.9. The molecule has 0 saturated carbocycles. The summed E-state index contributed by atoms with van der Waals surface area (Å²) in [6, 6.07) is 25.5. The van der Waals surface area contributed by atoms with E-state index in [1.165, 1.54) is 13.4 Å². The molecule has 0 aliphatic heterocycles. The molecule has 0 spiro atoms. The van der Waals surface area contributed by atoms with Crippen LogP contribution >= 0.6 is 0 Å². The van der Waals surface area contributed by atoms with Crippen molar-refractivity contribution in [3.63, 3.8) is 0 Å². The van der Waals surface area contributed by atoms with Crippen molar-refractivity contribution in [3.05, 3.63) is 103 Å². The van der Waals surface area contributed by atoms with E-state index in [1.54, 1.807) is 30.3 Å². The van der Waals surface area contributed by atoms with Crippen molar-refractivity contribution in [1.82, 2.24) is 0 Å². The summed E-state index contributed by atoms with van der Waals surface area (Å²) < 4.78 is 16.1. The second kappa shape index (κ2) is 9.73. The van der Waals surface area contributed by atoms with E-state index >= 15 is 0 Å². The highest BCUT2D eigenvalue weighted by atomic mass is 16.5. The molecule has 0 saturated heterocycles. The molecule has 3 aromatic rings. The topological polar surface area (TPSA) is 57.1 Å². The van der Waals surface area contributed by atoms with Gasteiger partial charge in [0, 0.05) is 6.08 Å². The molecule has 0 N–H and O–H groups in total. The lowest BCUT2D eigenvalue weighted by Crippen LogP contribution is -2.05. The van der Waals surface area contributed by atoms with E-state index in [-0.39, 0.29) is 0 Å². The van der Waals surface area contributed by atoms with Crippen molar-refractivity contribution in [2.45, 2.75) is 0 Å². The smallest absolute Gasteiger partial charge is 0.337 e. The summed E-state index contributed by atoms with van der Waals surface area (Å²) >= 11 is 0. The van der Waals surface area contributed by atoms with Gasteiger partial charge in [-0.25, -0.2) is 9.79 Å². The highest BCUT2D eigenvalue weighted by Crippen LogP contribution is 2.17. The molecule has 5 nitrogen and oxygen atoms in total. The minimum absolute atomic E-state index is 0.341. The van der Waals surface area contributed by atoms with Crippen LogP contribution in [0.4, 0.5) is 5.69 Å². The van der Waals surface area contributed by atoms with Gasteiger partial charge in [-0.1, -0.05) is 36.4 Å². The number of rotatable bonds is 6. The fourth-order valence-electron chi connectivity index (χ4n) is 2.29. The number of benzene rings is 3. The third-order valence-corrected chi connectivity index (χ3v) is 3.65. The van der Waals surface area contributed by atoms with Gasteiger partial charge in [-0.3, -0.25) is 0 Å². The number of aliphatic imine (C=N–C) groups is 1. The minimum atomic E-state index is -0.396. The maximum absolute atomic E-state index is 11.6. The molecule has 0 amide bonds. The van der Waals surface area contributed by atoms with Crippen molar-refractivity contribution in [3.8, 4) is 11.5 Å². The van der Waals surface area contributed by atoms with Crippen LogP contribution in [0.1, 0.15) is 10.4 Å². The number of carbonyl (C=O) groups is 1. The molecule has 0 bridgehead atoms. The molecule has 0 radical (unpaired) electrons. The van der Waals surface area contributed by atoms with Gasteiger partial charge in [0.1, 0.15) is 11.5 Å². The first-order valence-corrected chi connectivity index (χ1v) is 8.63. The van der Waals surface area contributed by atoms with Gasteiger partial charge in [-0.2, -0.15) is 0 Å².